The zero-order valence-electron chi connectivity index (χ0n) is 16.3. The van der Waals surface area contributed by atoms with Crippen LogP contribution in [0.2, 0.25) is 10.0 Å². The van der Waals surface area contributed by atoms with E-state index >= 15 is 0 Å². The molecular formula is C19H30Cl2N2O3S. The summed E-state index contributed by atoms with van der Waals surface area (Å²) in [6.07, 6.45) is 6.31. The molecule has 1 rings (SSSR count). The average molecular weight is 437 g/mol. The first-order chi connectivity index (χ1) is 12.7. The van der Waals surface area contributed by atoms with E-state index < -0.39 is 10.0 Å². The SMILES string of the molecule is CCCC[C@H](CC)CNC(=O)CCCN(c1ccc(Cl)c(Cl)c1)S(C)(=O)=O. The molecule has 0 spiro atoms. The van der Waals surface area contributed by atoms with Crippen LogP contribution in [0.5, 0.6) is 0 Å². The van der Waals surface area contributed by atoms with Crippen molar-refractivity contribution in [3.05, 3.63) is 28.2 Å². The minimum atomic E-state index is -3.49. The van der Waals surface area contributed by atoms with Crippen LogP contribution in [-0.2, 0) is 14.8 Å². The third kappa shape index (κ3) is 8.71. The van der Waals surface area contributed by atoms with E-state index in [2.05, 4.69) is 19.2 Å². The molecule has 1 amide bonds. The van der Waals surface area contributed by atoms with E-state index in [-0.39, 0.29) is 18.9 Å². The third-order valence-electron chi connectivity index (χ3n) is 4.49. The second-order valence-corrected chi connectivity index (χ2v) is 9.48. The fraction of sp³-hybridized carbons (Fsp3) is 0.632. The van der Waals surface area contributed by atoms with Gasteiger partial charge in [0.05, 0.1) is 22.0 Å². The zero-order chi connectivity index (χ0) is 20.4. The van der Waals surface area contributed by atoms with E-state index in [1.165, 1.54) is 16.8 Å². The van der Waals surface area contributed by atoms with E-state index in [4.69, 9.17) is 23.2 Å². The van der Waals surface area contributed by atoms with Gasteiger partial charge in [0, 0.05) is 19.5 Å². The van der Waals surface area contributed by atoms with Gasteiger partial charge in [0.25, 0.3) is 0 Å². The van der Waals surface area contributed by atoms with E-state index in [0.717, 1.165) is 25.5 Å². The van der Waals surface area contributed by atoms with Gasteiger partial charge >= 0.3 is 0 Å². The molecule has 0 radical (unpaired) electrons. The van der Waals surface area contributed by atoms with Crippen molar-refractivity contribution < 1.29 is 13.2 Å². The number of hydrogen-bond donors (Lipinski definition) is 1. The number of benzene rings is 1. The molecule has 0 aliphatic carbocycles. The second kappa shape index (κ2) is 11.8. The molecule has 0 heterocycles. The van der Waals surface area contributed by atoms with E-state index in [0.29, 0.717) is 34.6 Å². The van der Waals surface area contributed by atoms with Crippen LogP contribution in [0.1, 0.15) is 52.4 Å². The summed E-state index contributed by atoms with van der Waals surface area (Å²) in [4.78, 5) is 12.1. The van der Waals surface area contributed by atoms with Crippen LogP contribution in [0.3, 0.4) is 0 Å². The van der Waals surface area contributed by atoms with Crippen molar-refractivity contribution in [3.8, 4) is 0 Å². The van der Waals surface area contributed by atoms with Crippen LogP contribution in [0.4, 0.5) is 5.69 Å². The second-order valence-electron chi connectivity index (χ2n) is 6.76. The number of carbonyl (C=O) groups is 1. The highest BCUT2D eigenvalue weighted by Gasteiger charge is 2.18. The summed E-state index contributed by atoms with van der Waals surface area (Å²) in [6.45, 7) is 5.18. The van der Waals surface area contributed by atoms with Crippen LogP contribution in [0, 0.1) is 5.92 Å². The number of sulfonamides is 1. The molecule has 8 heteroatoms. The maximum atomic E-state index is 12.1. The first-order valence-electron chi connectivity index (χ1n) is 9.38. The van der Waals surface area contributed by atoms with Crippen molar-refractivity contribution in [2.75, 3.05) is 23.7 Å². The van der Waals surface area contributed by atoms with Gasteiger partial charge in [-0.3, -0.25) is 9.10 Å². The summed E-state index contributed by atoms with van der Waals surface area (Å²) in [5, 5.41) is 3.62. The number of hydrogen-bond acceptors (Lipinski definition) is 3. The van der Waals surface area contributed by atoms with Gasteiger partial charge in [-0.2, -0.15) is 0 Å². The van der Waals surface area contributed by atoms with Crippen molar-refractivity contribution in [2.45, 2.75) is 52.4 Å². The molecule has 0 aliphatic heterocycles. The molecule has 1 aromatic rings. The number of nitrogens with zero attached hydrogens (tertiary/aromatic N) is 1. The van der Waals surface area contributed by atoms with Crippen LogP contribution in [0.15, 0.2) is 18.2 Å². The Balaban J connectivity index is 2.57. The fourth-order valence-electron chi connectivity index (χ4n) is 2.80. The van der Waals surface area contributed by atoms with Crippen LogP contribution < -0.4 is 9.62 Å². The Morgan fingerprint density at radius 1 is 1.19 bits per heavy atom. The maximum Gasteiger partial charge on any atom is 0.232 e. The number of rotatable bonds is 12. The highest BCUT2D eigenvalue weighted by molar-refractivity contribution is 7.92. The molecule has 1 aromatic carbocycles. The summed E-state index contributed by atoms with van der Waals surface area (Å²) in [7, 11) is -3.49. The first-order valence-corrected chi connectivity index (χ1v) is 12.0. The maximum absolute atomic E-state index is 12.1. The molecule has 0 bridgehead atoms. The zero-order valence-corrected chi connectivity index (χ0v) is 18.6. The molecule has 0 aromatic heterocycles. The molecule has 27 heavy (non-hydrogen) atoms. The van der Waals surface area contributed by atoms with Crippen molar-refractivity contribution >= 4 is 44.8 Å². The lowest BCUT2D eigenvalue weighted by Crippen LogP contribution is -2.33. The number of nitrogens with one attached hydrogen (secondary N) is 1. The van der Waals surface area contributed by atoms with E-state index in [1.807, 2.05) is 0 Å². The quantitative estimate of drug-likeness (QED) is 0.507. The monoisotopic (exact) mass is 436 g/mol. The molecule has 0 aliphatic rings. The fourth-order valence-corrected chi connectivity index (χ4v) is 4.05. The molecule has 1 atom stereocenters. The Hall–Kier alpha value is -0.980. The minimum absolute atomic E-state index is 0.0486. The Kier molecular flexibility index (Phi) is 10.5. The Labute approximate surface area is 173 Å². The van der Waals surface area contributed by atoms with Gasteiger partial charge in [-0.05, 0) is 37.0 Å². The molecule has 0 fully saturated rings. The van der Waals surface area contributed by atoms with Crippen molar-refractivity contribution in [2.24, 2.45) is 5.92 Å². The first kappa shape index (κ1) is 24.1. The molecule has 154 valence electrons. The summed E-state index contributed by atoms with van der Waals surface area (Å²) in [6, 6.07) is 4.69. The van der Waals surface area contributed by atoms with Crippen molar-refractivity contribution in [1.82, 2.24) is 5.32 Å². The summed E-state index contributed by atoms with van der Waals surface area (Å²) < 4.78 is 25.5. The van der Waals surface area contributed by atoms with Gasteiger partial charge in [0.15, 0.2) is 0 Å². The molecule has 0 saturated carbocycles. The number of halogens is 2. The lowest BCUT2D eigenvalue weighted by Gasteiger charge is -2.23. The van der Waals surface area contributed by atoms with Crippen LogP contribution in [-0.4, -0.2) is 33.7 Å². The standard InChI is InChI=1S/C19H30Cl2N2O3S/c1-4-6-8-15(5-2)14-22-19(24)9-7-12-23(27(3,25)26)16-10-11-17(20)18(21)13-16/h10-11,13,15H,4-9,12,14H2,1-3H3,(H,22,24)/t15-/m0/s1. The van der Waals surface area contributed by atoms with Crippen LogP contribution >= 0.6 is 23.2 Å². The number of unbranched alkanes of at least 4 members (excludes halogenated alkanes) is 1. The largest absolute Gasteiger partial charge is 0.356 e. The normalized spacial score (nSPS) is 12.6. The smallest absolute Gasteiger partial charge is 0.232 e. The number of carbonyl (C=O) groups excluding carboxylic acids is 1. The molecule has 1 N–H and O–H groups in total. The number of anilines is 1. The summed E-state index contributed by atoms with van der Waals surface area (Å²) in [5.74, 6) is 0.449. The lowest BCUT2D eigenvalue weighted by molar-refractivity contribution is -0.121. The van der Waals surface area contributed by atoms with Gasteiger partial charge in [0.2, 0.25) is 15.9 Å². The van der Waals surface area contributed by atoms with Gasteiger partial charge in [-0.15, -0.1) is 0 Å². The van der Waals surface area contributed by atoms with E-state index in [9.17, 15) is 13.2 Å². The summed E-state index contributed by atoms with van der Waals surface area (Å²) >= 11 is 11.9. The highest BCUT2D eigenvalue weighted by Crippen LogP contribution is 2.28. The summed E-state index contributed by atoms with van der Waals surface area (Å²) in [5.41, 5.74) is 0.443. The lowest BCUT2D eigenvalue weighted by atomic mass is 9.99. The topological polar surface area (TPSA) is 66.5 Å². The van der Waals surface area contributed by atoms with E-state index in [1.54, 1.807) is 12.1 Å². The Bertz CT molecular complexity index is 711. The van der Waals surface area contributed by atoms with Gasteiger partial charge in [-0.1, -0.05) is 56.3 Å². The van der Waals surface area contributed by atoms with Gasteiger partial charge < -0.3 is 5.32 Å². The molecule has 0 unspecified atom stereocenters. The third-order valence-corrected chi connectivity index (χ3v) is 6.42. The van der Waals surface area contributed by atoms with Crippen molar-refractivity contribution in [1.29, 1.82) is 0 Å². The highest BCUT2D eigenvalue weighted by atomic mass is 35.5. The average Bonchev–Trinajstić information content (AvgIpc) is 2.60. The van der Waals surface area contributed by atoms with Gasteiger partial charge in [0.1, 0.15) is 0 Å². The van der Waals surface area contributed by atoms with Crippen LogP contribution in [0.25, 0.3) is 0 Å². The predicted octanol–water partition coefficient (Wildman–Crippen LogP) is 4.87. The predicted molar refractivity (Wildman–Crippen MR) is 114 cm³/mol. The Morgan fingerprint density at radius 3 is 2.44 bits per heavy atom. The molecular weight excluding hydrogens is 407 g/mol. The molecule has 5 nitrogen and oxygen atoms in total. The van der Waals surface area contributed by atoms with Crippen molar-refractivity contribution in [3.63, 3.8) is 0 Å². The molecule has 0 saturated heterocycles. The number of amides is 1. The van der Waals surface area contributed by atoms with Gasteiger partial charge in [-0.25, -0.2) is 8.42 Å². The Morgan fingerprint density at radius 2 is 1.89 bits per heavy atom. The minimum Gasteiger partial charge on any atom is -0.356 e.